The number of hydrogen-bond donors (Lipinski definition) is 2. The minimum Gasteiger partial charge on any atom is -0.354 e. The third-order valence-electron chi connectivity index (χ3n) is 4.20. The first-order valence-electron chi connectivity index (χ1n) is 8.31. The molecule has 1 aliphatic rings. The van der Waals surface area contributed by atoms with Crippen LogP contribution in [0.2, 0.25) is 0 Å². The van der Waals surface area contributed by atoms with Crippen molar-refractivity contribution in [2.45, 2.75) is 31.8 Å². The van der Waals surface area contributed by atoms with Gasteiger partial charge in [-0.15, -0.1) is 16.4 Å². The van der Waals surface area contributed by atoms with E-state index in [-0.39, 0.29) is 11.9 Å². The first kappa shape index (κ1) is 16.9. The van der Waals surface area contributed by atoms with E-state index in [4.69, 9.17) is 0 Å². The number of anilines is 1. The molecule has 0 radical (unpaired) electrons. The van der Waals surface area contributed by atoms with Gasteiger partial charge in [0, 0.05) is 30.2 Å². The predicted octanol–water partition coefficient (Wildman–Crippen LogP) is 1.97. The molecule has 0 saturated carbocycles. The highest BCUT2D eigenvalue weighted by atomic mass is 32.1. The van der Waals surface area contributed by atoms with Crippen LogP contribution in [0.4, 0.5) is 5.82 Å². The number of aromatic nitrogens is 2. The summed E-state index contributed by atoms with van der Waals surface area (Å²) in [4.78, 5) is 15.5. The van der Waals surface area contributed by atoms with Crippen LogP contribution in [0, 0.1) is 0 Å². The number of amides is 1. The fourth-order valence-electron chi connectivity index (χ4n) is 2.95. The quantitative estimate of drug-likeness (QED) is 0.838. The average Bonchev–Trinajstić information content (AvgIpc) is 3.16. The maximum atomic E-state index is 12.1. The van der Waals surface area contributed by atoms with Gasteiger partial charge in [-0.2, -0.15) is 5.10 Å². The Labute approximate surface area is 146 Å². The first-order valence-corrected chi connectivity index (χ1v) is 9.19. The molecule has 2 aromatic heterocycles. The van der Waals surface area contributed by atoms with Gasteiger partial charge in [-0.1, -0.05) is 6.07 Å². The summed E-state index contributed by atoms with van der Waals surface area (Å²) in [7, 11) is 0. The monoisotopic (exact) mass is 345 g/mol. The highest BCUT2D eigenvalue weighted by Gasteiger charge is 2.21. The number of carbonyl (C=O) groups is 1. The van der Waals surface area contributed by atoms with E-state index in [2.05, 4.69) is 25.7 Å². The highest BCUT2D eigenvalue weighted by Crippen LogP contribution is 2.18. The topological polar surface area (TPSA) is 70.2 Å². The summed E-state index contributed by atoms with van der Waals surface area (Å²) in [6, 6.07) is 8.28. The van der Waals surface area contributed by atoms with Crippen LogP contribution in [0.5, 0.6) is 0 Å². The van der Waals surface area contributed by atoms with Crippen molar-refractivity contribution in [3.8, 4) is 0 Å². The molecular weight excluding hydrogens is 322 g/mol. The number of piperidine rings is 1. The first-order chi connectivity index (χ1) is 11.7. The molecule has 128 valence electrons. The van der Waals surface area contributed by atoms with Crippen LogP contribution in [0.1, 0.15) is 30.7 Å². The van der Waals surface area contributed by atoms with Crippen molar-refractivity contribution in [2.75, 3.05) is 24.5 Å². The van der Waals surface area contributed by atoms with Crippen molar-refractivity contribution in [1.29, 1.82) is 0 Å². The maximum Gasteiger partial charge on any atom is 0.234 e. The van der Waals surface area contributed by atoms with Crippen LogP contribution in [0.25, 0.3) is 0 Å². The molecule has 3 rings (SSSR count). The summed E-state index contributed by atoms with van der Waals surface area (Å²) in [5.74, 6) is 0.937. The SMILES string of the molecule is CC(NC(=O)CNC1CCCN(c2cccnn2)C1)c1cccs1. The number of carbonyl (C=O) groups excluding carboxylic acids is 1. The second kappa shape index (κ2) is 8.21. The van der Waals surface area contributed by atoms with Crippen molar-refractivity contribution in [1.82, 2.24) is 20.8 Å². The van der Waals surface area contributed by atoms with Crippen molar-refractivity contribution >= 4 is 23.1 Å². The third kappa shape index (κ3) is 4.52. The second-order valence-electron chi connectivity index (χ2n) is 6.05. The Morgan fingerprint density at radius 1 is 1.46 bits per heavy atom. The molecule has 24 heavy (non-hydrogen) atoms. The zero-order valence-corrected chi connectivity index (χ0v) is 14.6. The lowest BCUT2D eigenvalue weighted by Crippen LogP contribution is -2.49. The van der Waals surface area contributed by atoms with Gasteiger partial charge in [0.15, 0.2) is 5.82 Å². The third-order valence-corrected chi connectivity index (χ3v) is 5.26. The highest BCUT2D eigenvalue weighted by molar-refractivity contribution is 7.10. The molecule has 0 aromatic carbocycles. The fraction of sp³-hybridized carbons (Fsp3) is 0.471. The second-order valence-corrected chi connectivity index (χ2v) is 7.03. The summed E-state index contributed by atoms with van der Waals surface area (Å²) >= 11 is 1.66. The van der Waals surface area contributed by atoms with Crippen LogP contribution in [-0.4, -0.2) is 41.8 Å². The molecule has 1 fully saturated rings. The number of hydrogen-bond acceptors (Lipinski definition) is 6. The van der Waals surface area contributed by atoms with E-state index in [0.717, 1.165) is 31.7 Å². The van der Waals surface area contributed by atoms with Crippen LogP contribution in [0.3, 0.4) is 0 Å². The fourth-order valence-corrected chi connectivity index (χ4v) is 3.69. The number of nitrogens with one attached hydrogen (secondary N) is 2. The Morgan fingerprint density at radius 2 is 2.38 bits per heavy atom. The zero-order valence-electron chi connectivity index (χ0n) is 13.8. The largest absolute Gasteiger partial charge is 0.354 e. The van der Waals surface area contributed by atoms with Crippen LogP contribution >= 0.6 is 11.3 Å². The predicted molar refractivity (Wildman–Crippen MR) is 96.1 cm³/mol. The van der Waals surface area contributed by atoms with Gasteiger partial charge in [-0.3, -0.25) is 4.79 Å². The van der Waals surface area contributed by atoms with Crippen molar-refractivity contribution in [3.63, 3.8) is 0 Å². The summed E-state index contributed by atoms with van der Waals surface area (Å²) in [5.41, 5.74) is 0. The Kier molecular flexibility index (Phi) is 5.77. The molecule has 3 heterocycles. The number of nitrogens with zero attached hydrogens (tertiary/aromatic N) is 3. The van der Waals surface area contributed by atoms with E-state index in [1.165, 1.54) is 4.88 Å². The summed E-state index contributed by atoms with van der Waals surface area (Å²) < 4.78 is 0. The Morgan fingerprint density at radius 3 is 3.12 bits per heavy atom. The molecule has 2 aromatic rings. The zero-order chi connectivity index (χ0) is 16.8. The van der Waals surface area contributed by atoms with Crippen molar-refractivity contribution in [3.05, 3.63) is 40.7 Å². The van der Waals surface area contributed by atoms with Gasteiger partial charge in [-0.05, 0) is 43.3 Å². The Hall–Kier alpha value is -1.99. The van der Waals surface area contributed by atoms with E-state index < -0.39 is 0 Å². The van der Waals surface area contributed by atoms with Gasteiger partial charge in [0.1, 0.15) is 0 Å². The average molecular weight is 345 g/mol. The molecule has 0 bridgehead atoms. The molecule has 2 N–H and O–H groups in total. The molecule has 0 spiro atoms. The lowest BCUT2D eigenvalue weighted by atomic mass is 10.1. The lowest BCUT2D eigenvalue weighted by Gasteiger charge is -2.33. The van der Waals surface area contributed by atoms with Gasteiger partial charge < -0.3 is 15.5 Å². The molecule has 7 heteroatoms. The molecule has 1 aliphatic heterocycles. The number of thiophene rings is 1. The molecule has 6 nitrogen and oxygen atoms in total. The van der Waals surface area contributed by atoms with Gasteiger partial charge in [0.05, 0.1) is 12.6 Å². The normalized spacial score (nSPS) is 19.0. The van der Waals surface area contributed by atoms with Gasteiger partial charge >= 0.3 is 0 Å². The van der Waals surface area contributed by atoms with Gasteiger partial charge in [0.25, 0.3) is 0 Å². The van der Waals surface area contributed by atoms with Gasteiger partial charge in [-0.25, -0.2) is 0 Å². The Balaban J connectivity index is 1.45. The Bertz CT molecular complexity index is 634. The van der Waals surface area contributed by atoms with E-state index in [0.29, 0.717) is 12.6 Å². The molecule has 0 aliphatic carbocycles. The maximum absolute atomic E-state index is 12.1. The van der Waals surface area contributed by atoms with Crippen LogP contribution in [0.15, 0.2) is 35.8 Å². The minimum atomic E-state index is 0.0347. The molecule has 2 atom stereocenters. The molecule has 2 unspecified atom stereocenters. The number of rotatable bonds is 6. The van der Waals surface area contributed by atoms with E-state index in [1.807, 2.05) is 36.6 Å². The van der Waals surface area contributed by atoms with Crippen molar-refractivity contribution < 1.29 is 4.79 Å². The van der Waals surface area contributed by atoms with E-state index >= 15 is 0 Å². The molecule has 1 saturated heterocycles. The van der Waals surface area contributed by atoms with E-state index in [9.17, 15) is 4.79 Å². The smallest absolute Gasteiger partial charge is 0.234 e. The molecular formula is C17H23N5OS. The lowest BCUT2D eigenvalue weighted by molar-refractivity contribution is -0.121. The minimum absolute atomic E-state index is 0.0347. The van der Waals surface area contributed by atoms with Gasteiger partial charge in [0.2, 0.25) is 5.91 Å². The molecule has 1 amide bonds. The summed E-state index contributed by atoms with van der Waals surface area (Å²) in [6.07, 6.45) is 3.84. The van der Waals surface area contributed by atoms with Crippen molar-refractivity contribution in [2.24, 2.45) is 0 Å². The standard InChI is InChI=1S/C17H23N5OS/c1-13(15-6-4-10-24-15)20-17(23)11-18-14-5-3-9-22(12-14)16-7-2-8-19-21-16/h2,4,6-8,10,13-14,18H,3,5,9,11-12H2,1H3,(H,20,23). The summed E-state index contributed by atoms with van der Waals surface area (Å²) in [6.45, 7) is 4.19. The van der Waals surface area contributed by atoms with Crippen LogP contribution in [-0.2, 0) is 4.79 Å². The van der Waals surface area contributed by atoms with Crippen LogP contribution < -0.4 is 15.5 Å². The summed E-state index contributed by atoms with van der Waals surface area (Å²) in [5, 5.41) is 16.5. The van der Waals surface area contributed by atoms with E-state index in [1.54, 1.807) is 17.5 Å².